The van der Waals surface area contributed by atoms with Crippen molar-refractivity contribution in [1.82, 2.24) is 0 Å². The molecule has 0 saturated carbocycles. The highest BCUT2D eigenvalue weighted by Gasteiger charge is 2.50. The molecule has 7 nitrogen and oxygen atoms in total. The second-order valence-electron chi connectivity index (χ2n) is 10.7. The van der Waals surface area contributed by atoms with Crippen molar-refractivity contribution in [2.45, 2.75) is 12.1 Å². The van der Waals surface area contributed by atoms with E-state index in [4.69, 9.17) is 9.98 Å². The lowest BCUT2D eigenvalue weighted by Gasteiger charge is -2.41. The summed E-state index contributed by atoms with van der Waals surface area (Å²) in [6.07, 6.45) is 0. The Morgan fingerprint density at radius 2 is 0.733 bits per heavy atom. The fraction of sp³-hybridized carbons (Fsp3) is 0.0526. The predicted octanol–water partition coefficient (Wildman–Crippen LogP) is 6.93. The van der Waals surface area contributed by atoms with Crippen LogP contribution in [0.2, 0.25) is 0 Å². The van der Waals surface area contributed by atoms with Gasteiger partial charge < -0.3 is 4.90 Å². The van der Waals surface area contributed by atoms with Crippen LogP contribution in [0.1, 0.15) is 41.4 Å². The van der Waals surface area contributed by atoms with Crippen LogP contribution in [0.25, 0.3) is 0 Å². The van der Waals surface area contributed by atoms with Gasteiger partial charge in [-0.25, -0.2) is 9.98 Å². The third kappa shape index (κ3) is 4.90. The number of para-hydroxylation sites is 3. The first-order valence-corrected chi connectivity index (χ1v) is 14.5. The maximum atomic E-state index is 14.6. The molecule has 0 N–H and O–H groups in total. The smallest absolute Gasteiger partial charge is 0.210 e. The lowest BCUT2D eigenvalue weighted by molar-refractivity contribution is 0.0917. The molecule has 0 fully saturated rings. The molecular weight excluding hydrogens is 562 g/mol. The molecule has 7 rings (SSSR count). The average Bonchev–Trinajstić information content (AvgIpc) is 3.09. The molecule has 0 saturated heterocycles. The monoisotopic (exact) mass is 587 g/mol. The topological polar surface area (TPSA) is 96.2 Å². The molecule has 216 valence electrons. The lowest BCUT2D eigenvalue weighted by atomic mass is 9.79. The van der Waals surface area contributed by atoms with Crippen molar-refractivity contribution in [3.05, 3.63) is 162 Å². The van der Waals surface area contributed by atoms with Gasteiger partial charge in [-0.3, -0.25) is 19.2 Å². The highest BCUT2D eigenvalue weighted by Crippen LogP contribution is 2.35. The minimum Gasteiger partial charge on any atom is -0.340 e. The van der Waals surface area contributed by atoms with Crippen LogP contribution < -0.4 is 4.90 Å². The Bertz CT molecular complexity index is 1910. The van der Waals surface area contributed by atoms with E-state index in [1.165, 1.54) is 0 Å². The van der Waals surface area contributed by atoms with Gasteiger partial charge in [0.25, 0.3) is 0 Å². The number of carbonyl (C=O) groups is 4. The Morgan fingerprint density at radius 3 is 1.13 bits per heavy atom. The van der Waals surface area contributed by atoms with Crippen molar-refractivity contribution in [3.63, 3.8) is 0 Å². The molecule has 0 heterocycles. The molecule has 2 atom stereocenters. The van der Waals surface area contributed by atoms with E-state index in [1.54, 1.807) is 126 Å². The first-order valence-electron chi connectivity index (χ1n) is 14.5. The SMILES string of the molecule is O=C1C(=Nc2ccccc2)C(N(c2ccccc2)C2C(=O)c3ccccc3C(=O)C2=Nc2ccccc2)C(=O)c2ccccc21. The van der Waals surface area contributed by atoms with E-state index in [2.05, 4.69) is 0 Å². The molecule has 2 unspecified atom stereocenters. The predicted molar refractivity (Wildman–Crippen MR) is 174 cm³/mol. The normalized spacial score (nSPS) is 19.4. The van der Waals surface area contributed by atoms with E-state index in [0.29, 0.717) is 17.1 Å². The molecule has 5 aromatic carbocycles. The van der Waals surface area contributed by atoms with Crippen molar-refractivity contribution in [2.75, 3.05) is 4.90 Å². The second-order valence-corrected chi connectivity index (χ2v) is 10.7. The molecule has 0 aromatic heterocycles. The van der Waals surface area contributed by atoms with Gasteiger partial charge in [-0.15, -0.1) is 0 Å². The Balaban J connectivity index is 1.52. The molecule has 0 spiro atoms. The number of ketones is 4. The van der Waals surface area contributed by atoms with E-state index < -0.39 is 35.2 Å². The van der Waals surface area contributed by atoms with E-state index in [9.17, 15) is 19.2 Å². The van der Waals surface area contributed by atoms with Crippen molar-refractivity contribution in [3.8, 4) is 0 Å². The van der Waals surface area contributed by atoms with Crippen LogP contribution in [0.3, 0.4) is 0 Å². The lowest BCUT2D eigenvalue weighted by Crippen LogP contribution is -2.62. The summed E-state index contributed by atoms with van der Waals surface area (Å²) in [5.41, 5.74) is 2.20. The van der Waals surface area contributed by atoms with Crippen molar-refractivity contribution in [2.24, 2.45) is 9.98 Å². The number of rotatable bonds is 5. The number of benzene rings is 5. The first-order chi connectivity index (χ1) is 22.0. The molecular formula is C38H25N3O4. The van der Waals surface area contributed by atoms with Crippen molar-refractivity contribution < 1.29 is 19.2 Å². The number of carbonyl (C=O) groups excluding carboxylic acids is 4. The van der Waals surface area contributed by atoms with Crippen LogP contribution in [0, 0.1) is 0 Å². The highest BCUT2D eigenvalue weighted by atomic mass is 16.2. The van der Waals surface area contributed by atoms with Crippen LogP contribution in [-0.2, 0) is 0 Å². The summed E-state index contributed by atoms with van der Waals surface area (Å²) in [5.74, 6) is -1.70. The molecule has 0 aliphatic heterocycles. The number of hydrogen-bond acceptors (Lipinski definition) is 7. The van der Waals surface area contributed by atoms with Crippen LogP contribution in [0.4, 0.5) is 17.1 Å². The molecule has 5 aromatic rings. The van der Waals surface area contributed by atoms with Crippen molar-refractivity contribution in [1.29, 1.82) is 0 Å². The maximum absolute atomic E-state index is 14.6. The van der Waals surface area contributed by atoms with E-state index >= 15 is 0 Å². The Kier molecular flexibility index (Phi) is 7.11. The van der Waals surface area contributed by atoms with Gasteiger partial charge >= 0.3 is 0 Å². The summed E-state index contributed by atoms with van der Waals surface area (Å²) in [5, 5.41) is 0. The summed E-state index contributed by atoms with van der Waals surface area (Å²) < 4.78 is 0. The van der Waals surface area contributed by atoms with Gasteiger partial charge in [0.15, 0.2) is 11.6 Å². The van der Waals surface area contributed by atoms with Gasteiger partial charge in [0, 0.05) is 27.9 Å². The zero-order valence-corrected chi connectivity index (χ0v) is 23.9. The fourth-order valence-electron chi connectivity index (χ4n) is 5.93. The van der Waals surface area contributed by atoms with E-state index in [1.807, 2.05) is 18.2 Å². The number of aliphatic imine (C=N–C) groups is 2. The number of hydrogen-bond donors (Lipinski definition) is 0. The minimum absolute atomic E-state index is 0.0491. The van der Waals surface area contributed by atoms with Crippen LogP contribution in [-0.4, -0.2) is 46.6 Å². The number of Topliss-reactive ketones (excluding diaryl/α,β-unsaturated/α-hetero) is 4. The van der Waals surface area contributed by atoms with Crippen LogP contribution in [0.5, 0.6) is 0 Å². The summed E-state index contributed by atoms with van der Waals surface area (Å²) in [4.78, 5) is 68.7. The average molecular weight is 588 g/mol. The van der Waals surface area contributed by atoms with Gasteiger partial charge in [0.2, 0.25) is 11.6 Å². The van der Waals surface area contributed by atoms with E-state index in [-0.39, 0.29) is 33.7 Å². The molecule has 0 amide bonds. The molecule has 0 bridgehead atoms. The van der Waals surface area contributed by atoms with Gasteiger partial charge in [0.1, 0.15) is 23.5 Å². The number of anilines is 1. The largest absolute Gasteiger partial charge is 0.340 e. The standard InChI is InChI=1S/C38H25N3O4/c42-35-27-20-10-12-22-29(27)37(44)33(31(35)39-24-14-4-1-5-15-24)41(26-18-8-3-9-19-26)34-32(40-25-16-6-2-7-17-25)36(43)28-21-11-13-23-30(28)38(34)45/h1-23,33-34H. The van der Waals surface area contributed by atoms with Gasteiger partial charge in [-0.05, 0) is 36.4 Å². The number of nitrogens with zero attached hydrogens (tertiary/aromatic N) is 3. The Hall–Kier alpha value is -6.08. The summed E-state index contributed by atoms with van der Waals surface area (Å²) >= 11 is 0. The number of fused-ring (bicyclic) bond motifs is 2. The first kappa shape index (κ1) is 27.7. The Morgan fingerprint density at radius 1 is 0.400 bits per heavy atom. The molecule has 2 aliphatic rings. The summed E-state index contributed by atoms with van der Waals surface area (Å²) in [6.45, 7) is 0. The zero-order valence-electron chi connectivity index (χ0n) is 23.9. The van der Waals surface area contributed by atoms with Crippen molar-refractivity contribution >= 4 is 51.6 Å². The molecule has 0 radical (unpaired) electrons. The van der Waals surface area contributed by atoms with Gasteiger partial charge in [0.05, 0.1) is 11.4 Å². The van der Waals surface area contributed by atoms with Gasteiger partial charge in [-0.1, -0.05) is 103 Å². The van der Waals surface area contributed by atoms with Crippen LogP contribution in [0.15, 0.2) is 150 Å². The zero-order chi connectivity index (χ0) is 30.9. The summed E-state index contributed by atoms with van der Waals surface area (Å²) in [6, 6.07) is 37.1. The molecule has 45 heavy (non-hydrogen) atoms. The second kappa shape index (κ2) is 11.5. The summed E-state index contributed by atoms with van der Waals surface area (Å²) in [7, 11) is 0. The maximum Gasteiger partial charge on any atom is 0.210 e. The van der Waals surface area contributed by atoms with Crippen LogP contribution >= 0.6 is 0 Å². The molecule has 2 aliphatic carbocycles. The quantitative estimate of drug-likeness (QED) is 0.222. The minimum atomic E-state index is -1.34. The van der Waals surface area contributed by atoms with Gasteiger partial charge in [-0.2, -0.15) is 0 Å². The Labute approximate surface area is 259 Å². The highest BCUT2D eigenvalue weighted by molar-refractivity contribution is 6.59. The third-order valence-electron chi connectivity index (χ3n) is 7.98. The third-order valence-corrected chi connectivity index (χ3v) is 7.98. The van der Waals surface area contributed by atoms with E-state index in [0.717, 1.165) is 0 Å². The molecule has 7 heteroatoms. The fourth-order valence-corrected chi connectivity index (χ4v) is 5.93.